The molecule has 2 amide bonds. The summed E-state index contributed by atoms with van der Waals surface area (Å²) >= 11 is 0. The number of halogens is 1. The van der Waals surface area contributed by atoms with E-state index in [0.717, 1.165) is 42.6 Å². The summed E-state index contributed by atoms with van der Waals surface area (Å²) in [5.74, 6) is -0.360. The molecule has 2 aliphatic rings. The number of benzene rings is 1. The van der Waals surface area contributed by atoms with E-state index in [2.05, 4.69) is 15.3 Å². The third-order valence-electron chi connectivity index (χ3n) is 5.76. The molecular formula is C21H26FN5O2. The molecule has 0 unspecified atom stereocenters. The molecule has 1 fully saturated rings. The van der Waals surface area contributed by atoms with Crippen molar-refractivity contribution in [2.24, 2.45) is 0 Å². The first kappa shape index (κ1) is 19.6. The highest BCUT2D eigenvalue weighted by molar-refractivity contribution is 5.94. The van der Waals surface area contributed by atoms with E-state index in [1.54, 1.807) is 19.2 Å². The molecule has 0 atom stereocenters. The van der Waals surface area contributed by atoms with Crippen molar-refractivity contribution in [1.29, 1.82) is 0 Å². The van der Waals surface area contributed by atoms with Crippen LogP contribution in [-0.2, 0) is 17.6 Å². The minimum atomic E-state index is -0.291. The van der Waals surface area contributed by atoms with Crippen LogP contribution >= 0.6 is 0 Å². The predicted octanol–water partition coefficient (Wildman–Crippen LogP) is 1.39. The molecule has 0 spiro atoms. The van der Waals surface area contributed by atoms with Crippen LogP contribution < -0.4 is 5.32 Å². The monoisotopic (exact) mass is 399 g/mol. The highest BCUT2D eigenvalue weighted by Gasteiger charge is 2.30. The zero-order valence-electron chi connectivity index (χ0n) is 16.7. The fourth-order valence-electron chi connectivity index (χ4n) is 4.11. The van der Waals surface area contributed by atoms with Crippen molar-refractivity contribution >= 4 is 11.8 Å². The molecule has 1 saturated heterocycles. The number of fused-ring (bicyclic) bond motifs is 1. The Labute approximate surface area is 169 Å². The quantitative estimate of drug-likeness (QED) is 0.844. The molecule has 1 aliphatic carbocycles. The lowest BCUT2D eigenvalue weighted by atomic mass is 9.95. The third kappa shape index (κ3) is 4.03. The molecule has 0 radical (unpaired) electrons. The highest BCUT2D eigenvalue weighted by Crippen LogP contribution is 2.28. The second-order valence-corrected chi connectivity index (χ2v) is 7.61. The van der Waals surface area contributed by atoms with Gasteiger partial charge in [0.25, 0.3) is 5.91 Å². The van der Waals surface area contributed by atoms with Crippen molar-refractivity contribution in [2.75, 3.05) is 39.8 Å². The smallest absolute Gasteiger partial charge is 0.274 e. The predicted molar refractivity (Wildman–Crippen MR) is 107 cm³/mol. The van der Waals surface area contributed by atoms with Crippen molar-refractivity contribution in [3.8, 4) is 5.69 Å². The topological polar surface area (TPSA) is 70.5 Å². The van der Waals surface area contributed by atoms with E-state index < -0.39 is 0 Å². The summed E-state index contributed by atoms with van der Waals surface area (Å²) in [6.07, 6.45) is 3.81. The number of carbonyl (C=O) groups is 2. The molecular weight excluding hydrogens is 373 g/mol. The van der Waals surface area contributed by atoms with Gasteiger partial charge in [0.1, 0.15) is 5.82 Å². The summed E-state index contributed by atoms with van der Waals surface area (Å²) in [6.45, 7) is 2.84. The zero-order valence-corrected chi connectivity index (χ0v) is 16.7. The van der Waals surface area contributed by atoms with Gasteiger partial charge in [-0.2, -0.15) is 5.10 Å². The molecule has 8 heteroatoms. The Kier molecular flexibility index (Phi) is 5.62. The van der Waals surface area contributed by atoms with Gasteiger partial charge in [-0.3, -0.25) is 14.5 Å². The number of hydrogen-bond donors (Lipinski definition) is 1. The first-order valence-electron chi connectivity index (χ1n) is 10.2. The van der Waals surface area contributed by atoms with Gasteiger partial charge < -0.3 is 10.2 Å². The van der Waals surface area contributed by atoms with Gasteiger partial charge in [0.05, 0.1) is 12.2 Å². The van der Waals surface area contributed by atoms with Crippen LogP contribution in [0.4, 0.5) is 4.39 Å². The number of aromatic nitrogens is 2. The largest absolute Gasteiger partial charge is 0.358 e. The maximum absolute atomic E-state index is 13.3. The van der Waals surface area contributed by atoms with Crippen molar-refractivity contribution in [3.05, 3.63) is 47.0 Å². The normalized spacial score (nSPS) is 17.1. The van der Waals surface area contributed by atoms with E-state index >= 15 is 0 Å². The molecule has 154 valence electrons. The fourth-order valence-corrected chi connectivity index (χ4v) is 4.11. The van der Waals surface area contributed by atoms with E-state index in [4.69, 9.17) is 0 Å². The van der Waals surface area contributed by atoms with Crippen LogP contribution in [0.25, 0.3) is 5.69 Å². The van der Waals surface area contributed by atoms with Crippen molar-refractivity contribution in [3.63, 3.8) is 0 Å². The number of likely N-dealkylation sites (N-methyl/N-ethyl adjacent to an activating group) is 1. The van der Waals surface area contributed by atoms with Gasteiger partial charge >= 0.3 is 0 Å². The number of amides is 2. The molecule has 7 nitrogen and oxygen atoms in total. The van der Waals surface area contributed by atoms with Gasteiger partial charge in [-0.15, -0.1) is 0 Å². The molecule has 1 aromatic carbocycles. The number of piperazine rings is 1. The third-order valence-corrected chi connectivity index (χ3v) is 5.76. The van der Waals surface area contributed by atoms with Crippen molar-refractivity contribution in [2.45, 2.75) is 25.7 Å². The first-order valence-corrected chi connectivity index (χ1v) is 10.2. The maximum Gasteiger partial charge on any atom is 0.274 e. The summed E-state index contributed by atoms with van der Waals surface area (Å²) < 4.78 is 15.1. The van der Waals surface area contributed by atoms with Gasteiger partial charge in [-0.1, -0.05) is 0 Å². The maximum atomic E-state index is 13.3. The Bertz CT molecular complexity index is 901. The number of carbonyl (C=O) groups excluding carboxylic acids is 2. The number of nitrogens with one attached hydrogen (secondary N) is 1. The van der Waals surface area contributed by atoms with Gasteiger partial charge in [0, 0.05) is 44.5 Å². The van der Waals surface area contributed by atoms with Gasteiger partial charge in [0.15, 0.2) is 5.69 Å². The Morgan fingerprint density at radius 3 is 2.45 bits per heavy atom. The van der Waals surface area contributed by atoms with Crippen molar-refractivity contribution in [1.82, 2.24) is 24.9 Å². The van der Waals surface area contributed by atoms with Crippen LogP contribution in [0.3, 0.4) is 0 Å². The lowest BCUT2D eigenvalue weighted by Gasteiger charge is -2.34. The van der Waals surface area contributed by atoms with E-state index in [1.807, 2.05) is 9.58 Å². The van der Waals surface area contributed by atoms with Crippen molar-refractivity contribution < 1.29 is 14.0 Å². The second kappa shape index (κ2) is 8.32. The first-order chi connectivity index (χ1) is 14.1. The lowest BCUT2D eigenvalue weighted by Crippen LogP contribution is -2.51. The summed E-state index contributed by atoms with van der Waals surface area (Å²) in [4.78, 5) is 28.7. The summed E-state index contributed by atoms with van der Waals surface area (Å²) in [5.41, 5.74) is 3.38. The average Bonchev–Trinajstić information content (AvgIpc) is 3.14. The Balaban J connectivity index is 1.55. The van der Waals surface area contributed by atoms with Gasteiger partial charge in [-0.05, 0) is 49.9 Å². The fraction of sp³-hybridized carbons (Fsp3) is 0.476. The van der Waals surface area contributed by atoms with Crippen LogP contribution in [0.2, 0.25) is 0 Å². The van der Waals surface area contributed by atoms with Crippen LogP contribution in [-0.4, -0.2) is 71.2 Å². The van der Waals surface area contributed by atoms with Crippen LogP contribution in [0.1, 0.15) is 34.6 Å². The van der Waals surface area contributed by atoms with Crippen LogP contribution in [0, 0.1) is 5.82 Å². The Morgan fingerprint density at radius 2 is 1.76 bits per heavy atom. The van der Waals surface area contributed by atoms with Crippen LogP contribution in [0.5, 0.6) is 0 Å². The zero-order chi connectivity index (χ0) is 20.4. The molecule has 2 aromatic rings. The summed E-state index contributed by atoms with van der Waals surface area (Å²) in [5, 5.41) is 7.30. The van der Waals surface area contributed by atoms with Gasteiger partial charge in [0.2, 0.25) is 5.91 Å². The van der Waals surface area contributed by atoms with E-state index in [0.29, 0.717) is 38.4 Å². The highest BCUT2D eigenvalue weighted by atomic mass is 19.1. The van der Waals surface area contributed by atoms with Gasteiger partial charge in [-0.25, -0.2) is 9.07 Å². The van der Waals surface area contributed by atoms with E-state index in [9.17, 15) is 14.0 Å². The Hall–Kier alpha value is -2.74. The molecule has 1 N–H and O–H groups in total. The number of hydrogen-bond acceptors (Lipinski definition) is 4. The molecule has 1 aromatic heterocycles. The van der Waals surface area contributed by atoms with E-state index in [1.165, 1.54) is 12.1 Å². The minimum absolute atomic E-state index is 0.0168. The Morgan fingerprint density at radius 1 is 1.07 bits per heavy atom. The van der Waals surface area contributed by atoms with Crippen LogP contribution in [0.15, 0.2) is 24.3 Å². The average molecular weight is 399 g/mol. The summed E-state index contributed by atoms with van der Waals surface area (Å²) in [6, 6.07) is 6.23. The molecule has 29 heavy (non-hydrogen) atoms. The summed E-state index contributed by atoms with van der Waals surface area (Å²) in [7, 11) is 1.63. The number of rotatable bonds is 4. The molecule has 0 saturated carbocycles. The molecule has 4 rings (SSSR count). The SMILES string of the molecule is CNC(=O)CN1CCN(C(=O)c2nn(-c3ccc(F)cc3)c3c2CCCC3)CC1. The standard InChI is InChI=1S/C21H26FN5O2/c1-23-19(28)14-25-10-12-26(13-11-25)21(29)20-17-4-2-3-5-18(17)27(24-20)16-8-6-15(22)7-9-16/h6-9H,2-5,10-14H2,1H3,(H,23,28). The lowest BCUT2D eigenvalue weighted by molar-refractivity contribution is -0.122. The number of nitrogens with zero attached hydrogens (tertiary/aromatic N) is 4. The second-order valence-electron chi connectivity index (χ2n) is 7.61. The molecule has 2 heterocycles. The molecule has 1 aliphatic heterocycles. The minimum Gasteiger partial charge on any atom is -0.358 e. The van der Waals surface area contributed by atoms with E-state index in [-0.39, 0.29) is 17.6 Å². The molecule has 0 bridgehead atoms.